The maximum atomic E-state index is 13.4. The van der Waals surface area contributed by atoms with Crippen LogP contribution in [0.4, 0.5) is 17.3 Å². The van der Waals surface area contributed by atoms with Crippen LogP contribution >= 0.6 is 22.6 Å². The van der Waals surface area contributed by atoms with E-state index in [9.17, 15) is 18.0 Å². The number of rotatable bonds is 10. The second-order valence-corrected chi connectivity index (χ2v) is 10.9. The standard InChI is InChI=1S/C26H24IN5O6S/c1-37-17-10-11-19(27)22(15-17)31-24-25(30-21-9-4-3-8-20(21)29-24)32-39(35,36)18-7-5-6-16(14-18)26(34)28-13-12-23(33)38-2/h3-11,14-15H,12-13H2,1-2H3,(H,28,34)(H,29,31)(H,30,32). The van der Waals surface area contributed by atoms with Crippen LogP contribution in [-0.4, -0.2) is 51.0 Å². The van der Waals surface area contributed by atoms with Crippen molar-refractivity contribution in [2.75, 3.05) is 30.8 Å². The summed E-state index contributed by atoms with van der Waals surface area (Å²) >= 11 is 2.14. The van der Waals surface area contributed by atoms with Gasteiger partial charge in [-0.05, 0) is 65.1 Å². The minimum Gasteiger partial charge on any atom is -0.497 e. The lowest BCUT2D eigenvalue weighted by molar-refractivity contribution is -0.140. The Morgan fingerprint density at radius 3 is 2.33 bits per heavy atom. The largest absolute Gasteiger partial charge is 0.497 e. The summed E-state index contributed by atoms with van der Waals surface area (Å²) in [5, 5.41) is 5.72. The molecule has 0 aliphatic carbocycles. The summed E-state index contributed by atoms with van der Waals surface area (Å²) in [6, 6.07) is 18.0. The first-order chi connectivity index (χ1) is 18.7. The van der Waals surface area contributed by atoms with Crippen molar-refractivity contribution in [2.24, 2.45) is 0 Å². The second kappa shape index (κ2) is 12.3. The topological polar surface area (TPSA) is 149 Å². The van der Waals surface area contributed by atoms with Crippen molar-refractivity contribution in [3.63, 3.8) is 0 Å². The van der Waals surface area contributed by atoms with E-state index in [1.807, 2.05) is 12.1 Å². The normalized spacial score (nSPS) is 11.1. The number of hydrogen-bond donors (Lipinski definition) is 3. The number of halogens is 1. The molecule has 0 aliphatic rings. The van der Waals surface area contributed by atoms with Crippen molar-refractivity contribution in [1.29, 1.82) is 0 Å². The molecule has 4 aromatic rings. The monoisotopic (exact) mass is 661 g/mol. The van der Waals surface area contributed by atoms with Gasteiger partial charge >= 0.3 is 5.97 Å². The van der Waals surface area contributed by atoms with Gasteiger partial charge in [0.15, 0.2) is 11.6 Å². The number of aromatic nitrogens is 2. The number of nitrogens with one attached hydrogen (secondary N) is 3. The highest BCUT2D eigenvalue weighted by Crippen LogP contribution is 2.31. The number of amides is 1. The Hall–Kier alpha value is -3.98. The third-order valence-electron chi connectivity index (χ3n) is 5.48. The first-order valence-electron chi connectivity index (χ1n) is 11.6. The van der Waals surface area contributed by atoms with Gasteiger partial charge in [-0.1, -0.05) is 18.2 Å². The molecule has 0 atom stereocenters. The highest BCUT2D eigenvalue weighted by atomic mass is 127. The highest BCUT2D eigenvalue weighted by Gasteiger charge is 2.21. The molecule has 0 spiro atoms. The quantitative estimate of drug-likeness (QED) is 0.169. The van der Waals surface area contributed by atoms with Crippen LogP contribution in [0.15, 0.2) is 71.6 Å². The van der Waals surface area contributed by atoms with Crippen LogP contribution in [0.2, 0.25) is 0 Å². The van der Waals surface area contributed by atoms with E-state index in [1.54, 1.807) is 37.4 Å². The fraction of sp³-hybridized carbons (Fsp3) is 0.154. The molecular formula is C26H24IN5O6S. The zero-order valence-corrected chi connectivity index (χ0v) is 23.9. The van der Waals surface area contributed by atoms with Gasteiger partial charge < -0.3 is 20.1 Å². The number of carbonyl (C=O) groups is 2. The van der Waals surface area contributed by atoms with E-state index in [0.717, 1.165) is 3.57 Å². The maximum absolute atomic E-state index is 13.4. The number of para-hydroxylation sites is 2. The molecule has 0 saturated carbocycles. The molecule has 0 radical (unpaired) electrons. The smallest absolute Gasteiger partial charge is 0.307 e. The van der Waals surface area contributed by atoms with Gasteiger partial charge in [0, 0.05) is 21.7 Å². The van der Waals surface area contributed by atoms with E-state index in [2.05, 4.69) is 52.7 Å². The molecule has 13 heteroatoms. The Kier molecular flexibility index (Phi) is 8.81. The summed E-state index contributed by atoms with van der Waals surface area (Å²) in [6.45, 7) is 0.0471. The predicted molar refractivity (Wildman–Crippen MR) is 155 cm³/mol. The molecule has 1 heterocycles. The van der Waals surface area contributed by atoms with Crippen LogP contribution < -0.4 is 20.1 Å². The highest BCUT2D eigenvalue weighted by molar-refractivity contribution is 14.1. The Morgan fingerprint density at radius 1 is 0.923 bits per heavy atom. The molecule has 3 aromatic carbocycles. The third-order valence-corrected chi connectivity index (χ3v) is 7.75. The van der Waals surface area contributed by atoms with Gasteiger partial charge in [-0.2, -0.15) is 0 Å². The van der Waals surface area contributed by atoms with Crippen LogP contribution in [0, 0.1) is 3.57 Å². The van der Waals surface area contributed by atoms with Crippen molar-refractivity contribution in [3.05, 3.63) is 75.9 Å². The average Bonchev–Trinajstić information content (AvgIpc) is 2.94. The molecule has 4 rings (SSSR count). The zero-order chi connectivity index (χ0) is 28.0. The first-order valence-corrected chi connectivity index (χ1v) is 14.1. The summed E-state index contributed by atoms with van der Waals surface area (Å²) in [6.07, 6.45) is -0.00950. The van der Waals surface area contributed by atoms with Crippen molar-refractivity contribution in [3.8, 4) is 5.75 Å². The van der Waals surface area contributed by atoms with Gasteiger partial charge in [0.2, 0.25) is 0 Å². The minimum absolute atomic E-state index is 0.00950. The van der Waals surface area contributed by atoms with Crippen LogP contribution in [0.5, 0.6) is 5.75 Å². The van der Waals surface area contributed by atoms with Crippen LogP contribution in [-0.2, 0) is 19.6 Å². The van der Waals surface area contributed by atoms with E-state index in [-0.39, 0.29) is 35.1 Å². The molecule has 39 heavy (non-hydrogen) atoms. The van der Waals surface area contributed by atoms with Gasteiger partial charge in [0.05, 0.1) is 42.3 Å². The van der Waals surface area contributed by atoms with Crippen LogP contribution in [0.25, 0.3) is 11.0 Å². The molecule has 0 saturated heterocycles. The average molecular weight is 661 g/mol. The maximum Gasteiger partial charge on any atom is 0.307 e. The van der Waals surface area contributed by atoms with Gasteiger partial charge in [-0.25, -0.2) is 18.4 Å². The van der Waals surface area contributed by atoms with Crippen molar-refractivity contribution < 1.29 is 27.5 Å². The summed E-state index contributed by atoms with van der Waals surface area (Å²) in [5.41, 5.74) is 1.80. The number of methoxy groups -OCH3 is 2. The first kappa shape index (κ1) is 28.0. The lowest BCUT2D eigenvalue weighted by Crippen LogP contribution is -2.26. The van der Waals surface area contributed by atoms with Crippen molar-refractivity contribution in [2.45, 2.75) is 11.3 Å². The minimum atomic E-state index is -4.19. The Labute approximate surface area is 238 Å². The molecular weight excluding hydrogens is 637 g/mol. The molecule has 1 amide bonds. The second-order valence-electron chi connectivity index (χ2n) is 8.10. The van der Waals surface area contributed by atoms with E-state index in [0.29, 0.717) is 22.5 Å². The Bertz CT molecular complexity index is 1650. The number of nitrogens with zero attached hydrogens (tertiary/aromatic N) is 2. The molecule has 0 aliphatic heterocycles. The van der Waals surface area contributed by atoms with Crippen LogP contribution in [0.3, 0.4) is 0 Å². The predicted octanol–water partition coefficient (Wildman–Crippen LogP) is 4.08. The molecule has 202 valence electrons. The zero-order valence-electron chi connectivity index (χ0n) is 20.9. The van der Waals surface area contributed by atoms with E-state index in [4.69, 9.17) is 4.74 Å². The number of ether oxygens (including phenoxy) is 2. The van der Waals surface area contributed by atoms with E-state index in [1.165, 1.54) is 31.4 Å². The number of esters is 1. The number of fused-ring (bicyclic) bond motifs is 1. The van der Waals surface area contributed by atoms with Gasteiger partial charge in [-0.3, -0.25) is 14.3 Å². The summed E-state index contributed by atoms with van der Waals surface area (Å²) in [5.74, 6) is -0.243. The lowest BCUT2D eigenvalue weighted by Gasteiger charge is -2.15. The van der Waals surface area contributed by atoms with Gasteiger partial charge in [0.1, 0.15) is 5.75 Å². The SMILES string of the molecule is COC(=O)CCNC(=O)c1cccc(S(=O)(=O)Nc2nc3ccccc3nc2Nc2cc(OC)ccc2I)c1. The molecule has 0 bridgehead atoms. The Morgan fingerprint density at radius 2 is 1.64 bits per heavy atom. The lowest BCUT2D eigenvalue weighted by atomic mass is 10.2. The van der Waals surface area contributed by atoms with E-state index >= 15 is 0 Å². The van der Waals surface area contributed by atoms with Crippen molar-refractivity contribution >= 4 is 72.8 Å². The molecule has 1 aromatic heterocycles. The number of sulfonamides is 1. The summed E-state index contributed by atoms with van der Waals surface area (Å²) in [7, 11) is -1.38. The number of anilines is 3. The summed E-state index contributed by atoms with van der Waals surface area (Å²) in [4.78, 5) is 32.7. The number of hydrogen-bond acceptors (Lipinski definition) is 9. The number of carbonyl (C=O) groups excluding carboxylic acids is 2. The van der Waals surface area contributed by atoms with E-state index < -0.39 is 21.9 Å². The van der Waals surface area contributed by atoms with Crippen LogP contribution in [0.1, 0.15) is 16.8 Å². The third kappa shape index (κ3) is 6.92. The molecule has 0 fully saturated rings. The Balaban J connectivity index is 1.65. The fourth-order valence-electron chi connectivity index (χ4n) is 3.49. The van der Waals surface area contributed by atoms with Gasteiger partial charge in [-0.15, -0.1) is 0 Å². The molecule has 11 nitrogen and oxygen atoms in total. The van der Waals surface area contributed by atoms with Crippen molar-refractivity contribution in [1.82, 2.24) is 15.3 Å². The summed E-state index contributed by atoms with van der Waals surface area (Å²) < 4.78 is 40.0. The molecule has 0 unspecified atom stereocenters. The number of benzene rings is 3. The molecule has 3 N–H and O–H groups in total. The van der Waals surface area contributed by atoms with Gasteiger partial charge in [0.25, 0.3) is 15.9 Å². The fourth-order valence-corrected chi connectivity index (χ4v) is 5.01.